The predicted octanol–water partition coefficient (Wildman–Crippen LogP) is 4.28. The number of carbonyl (C=O) groups excluding carboxylic acids is 2. The molecule has 0 saturated heterocycles. The molecule has 0 bridgehead atoms. The molecule has 0 N–H and O–H groups in total. The molecule has 6 heteroatoms. The summed E-state index contributed by atoms with van der Waals surface area (Å²) in [5.41, 5.74) is 2.01. The quantitative estimate of drug-likeness (QED) is 0.686. The Morgan fingerprint density at radius 3 is 1.50 bits per heavy atom. The van der Waals surface area contributed by atoms with Crippen molar-refractivity contribution in [3.05, 3.63) is 59.5 Å². The molecule has 146 valence electrons. The maximum atomic E-state index is 13.4. The first-order chi connectivity index (χ1) is 13.7. The molecule has 2 aromatic heterocycles. The molecular weight excluding hydrogens is 356 g/mol. The predicted molar refractivity (Wildman–Crippen MR) is 104 cm³/mol. The molecular formula is C22H24N2O4. The van der Waals surface area contributed by atoms with Gasteiger partial charge in [0.05, 0.1) is 23.7 Å². The van der Waals surface area contributed by atoms with Crippen LogP contribution in [-0.2, 0) is 9.59 Å². The lowest BCUT2D eigenvalue weighted by molar-refractivity contribution is -0.124. The smallest absolute Gasteiger partial charge is 0.261 e. The summed E-state index contributed by atoms with van der Waals surface area (Å²) < 4.78 is 11.2. The van der Waals surface area contributed by atoms with Crippen molar-refractivity contribution in [2.24, 2.45) is 0 Å². The van der Waals surface area contributed by atoms with Gasteiger partial charge in [-0.15, -0.1) is 0 Å². The first kappa shape index (κ1) is 18.3. The second-order valence-corrected chi connectivity index (χ2v) is 7.02. The largest absolute Gasteiger partial charge is 0.463 e. The first-order valence-electron chi connectivity index (χ1n) is 9.89. The average Bonchev–Trinajstić information content (AvgIpc) is 3.46. The van der Waals surface area contributed by atoms with E-state index in [9.17, 15) is 9.59 Å². The lowest BCUT2D eigenvalue weighted by atomic mass is 10.1. The van der Waals surface area contributed by atoms with Crippen LogP contribution in [0.5, 0.6) is 0 Å². The van der Waals surface area contributed by atoms with Crippen molar-refractivity contribution in [3.8, 4) is 0 Å². The fourth-order valence-corrected chi connectivity index (χ4v) is 3.79. The van der Waals surface area contributed by atoms with Gasteiger partial charge >= 0.3 is 0 Å². The van der Waals surface area contributed by atoms with Gasteiger partial charge in [-0.05, 0) is 37.1 Å². The molecule has 0 aromatic carbocycles. The summed E-state index contributed by atoms with van der Waals surface area (Å²) in [6.45, 7) is 5.25. The van der Waals surface area contributed by atoms with E-state index in [1.54, 1.807) is 46.6 Å². The lowest BCUT2D eigenvalue weighted by Gasteiger charge is -2.23. The Balaban J connectivity index is 1.91. The van der Waals surface area contributed by atoms with E-state index in [1.165, 1.54) is 0 Å². The summed E-state index contributed by atoms with van der Waals surface area (Å²) >= 11 is 0. The molecule has 28 heavy (non-hydrogen) atoms. The topological polar surface area (TPSA) is 66.9 Å². The second kappa shape index (κ2) is 7.54. The first-order valence-corrected chi connectivity index (χ1v) is 9.89. The van der Waals surface area contributed by atoms with Crippen LogP contribution in [0.3, 0.4) is 0 Å². The number of carbonyl (C=O) groups is 2. The minimum atomic E-state index is -0.159. The molecule has 0 saturated carbocycles. The van der Waals surface area contributed by atoms with E-state index in [0.717, 1.165) is 25.7 Å². The Labute approximate surface area is 164 Å². The highest BCUT2D eigenvalue weighted by atomic mass is 16.3. The molecule has 2 aliphatic heterocycles. The van der Waals surface area contributed by atoms with Gasteiger partial charge in [0.1, 0.15) is 11.4 Å². The Morgan fingerprint density at radius 1 is 0.750 bits per heavy atom. The number of hydrogen-bond donors (Lipinski definition) is 0. The highest BCUT2D eigenvalue weighted by Gasteiger charge is 2.49. The standard InChI is InChI=1S/C22H24N2O4/c1-3-5-11-23-19(15-9-7-13-27-15)17-18(21(23)25)20(16-10-8-14-28-16)24(22(17)26)12-6-4-2/h7-10,13-14H,3-6,11-12H2,1-2H3. The van der Waals surface area contributed by atoms with Crippen LogP contribution in [0.1, 0.15) is 51.1 Å². The van der Waals surface area contributed by atoms with Gasteiger partial charge in [-0.3, -0.25) is 9.59 Å². The number of unbranched alkanes of at least 4 members (excludes halogenated alkanes) is 2. The molecule has 2 aromatic rings. The van der Waals surface area contributed by atoms with E-state index in [4.69, 9.17) is 8.83 Å². The number of fused-ring (bicyclic) bond motifs is 1. The van der Waals surface area contributed by atoms with Gasteiger partial charge in [0.25, 0.3) is 11.8 Å². The molecule has 0 fully saturated rings. The van der Waals surface area contributed by atoms with Crippen molar-refractivity contribution in [3.63, 3.8) is 0 Å². The van der Waals surface area contributed by atoms with E-state index in [1.807, 2.05) is 0 Å². The van der Waals surface area contributed by atoms with Crippen molar-refractivity contribution in [1.82, 2.24) is 9.80 Å². The summed E-state index contributed by atoms with van der Waals surface area (Å²) in [7, 11) is 0. The van der Waals surface area contributed by atoms with E-state index in [2.05, 4.69) is 13.8 Å². The zero-order chi connectivity index (χ0) is 19.7. The van der Waals surface area contributed by atoms with Crippen LogP contribution < -0.4 is 0 Å². The number of amides is 2. The summed E-state index contributed by atoms with van der Waals surface area (Å²) in [5, 5.41) is 0. The molecule has 0 unspecified atom stereocenters. The number of rotatable bonds is 8. The third-order valence-corrected chi connectivity index (χ3v) is 5.16. The average molecular weight is 380 g/mol. The summed E-state index contributed by atoms with van der Waals surface area (Å²) in [5.74, 6) is 0.764. The van der Waals surface area contributed by atoms with Crippen LogP contribution in [0.2, 0.25) is 0 Å². The lowest BCUT2D eigenvalue weighted by Crippen LogP contribution is -2.30. The molecule has 4 rings (SSSR count). The summed E-state index contributed by atoms with van der Waals surface area (Å²) in [6, 6.07) is 7.14. The molecule has 0 radical (unpaired) electrons. The van der Waals surface area contributed by atoms with E-state index in [-0.39, 0.29) is 11.8 Å². The van der Waals surface area contributed by atoms with Gasteiger partial charge in [0, 0.05) is 13.1 Å². The zero-order valence-electron chi connectivity index (χ0n) is 16.2. The van der Waals surface area contributed by atoms with Crippen LogP contribution in [0.4, 0.5) is 0 Å². The Kier molecular flexibility index (Phi) is 4.94. The SMILES string of the molecule is CCCCN1C(=O)C2=C(c3ccco3)N(CCCC)C(=O)C2=C1c1ccco1. The third-order valence-electron chi connectivity index (χ3n) is 5.16. The van der Waals surface area contributed by atoms with Crippen LogP contribution >= 0.6 is 0 Å². The van der Waals surface area contributed by atoms with E-state index < -0.39 is 0 Å². The van der Waals surface area contributed by atoms with Crippen LogP contribution in [0.25, 0.3) is 11.4 Å². The summed E-state index contributed by atoms with van der Waals surface area (Å²) in [6.07, 6.45) is 6.72. The minimum Gasteiger partial charge on any atom is -0.463 e. The molecule has 2 amide bonds. The van der Waals surface area contributed by atoms with Crippen LogP contribution in [0.15, 0.2) is 56.8 Å². The Hall–Kier alpha value is -3.02. The van der Waals surface area contributed by atoms with Crippen molar-refractivity contribution in [2.75, 3.05) is 13.1 Å². The van der Waals surface area contributed by atoms with Gasteiger partial charge in [0.2, 0.25) is 0 Å². The van der Waals surface area contributed by atoms with Gasteiger partial charge in [0.15, 0.2) is 11.5 Å². The zero-order valence-corrected chi connectivity index (χ0v) is 16.2. The normalized spacial score (nSPS) is 16.8. The fraction of sp³-hybridized carbons (Fsp3) is 0.364. The Morgan fingerprint density at radius 2 is 1.18 bits per heavy atom. The van der Waals surface area contributed by atoms with Crippen molar-refractivity contribution >= 4 is 23.2 Å². The van der Waals surface area contributed by atoms with Crippen LogP contribution in [0, 0.1) is 0 Å². The fourth-order valence-electron chi connectivity index (χ4n) is 3.79. The minimum absolute atomic E-state index is 0.159. The highest BCUT2D eigenvalue weighted by molar-refractivity contribution is 6.29. The van der Waals surface area contributed by atoms with Crippen molar-refractivity contribution in [1.29, 1.82) is 0 Å². The number of furan rings is 2. The molecule has 0 spiro atoms. The maximum absolute atomic E-state index is 13.4. The van der Waals surface area contributed by atoms with Crippen molar-refractivity contribution < 1.29 is 18.4 Å². The second-order valence-electron chi connectivity index (χ2n) is 7.02. The summed E-state index contributed by atoms with van der Waals surface area (Å²) in [4.78, 5) is 30.2. The molecule has 6 nitrogen and oxygen atoms in total. The van der Waals surface area contributed by atoms with Crippen LogP contribution in [-0.4, -0.2) is 34.7 Å². The third kappa shape index (κ3) is 2.80. The number of hydrogen-bond acceptors (Lipinski definition) is 4. The van der Waals surface area contributed by atoms with Gasteiger partial charge < -0.3 is 18.6 Å². The highest BCUT2D eigenvalue weighted by Crippen LogP contribution is 2.46. The van der Waals surface area contributed by atoms with E-state index in [0.29, 0.717) is 47.2 Å². The van der Waals surface area contributed by atoms with Gasteiger partial charge in [-0.2, -0.15) is 0 Å². The Bertz CT molecular complexity index is 857. The monoisotopic (exact) mass is 380 g/mol. The van der Waals surface area contributed by atoms with E-state index >= 15 is 0 Å². The molecule has 2 aliphatic rings. The maximum Gasteiger partial charge on any atom is 0.261 e. The molecule has 0 aliphatic carbocycles. The van der Waals surface area contributed by atoms with Gasteiger partial charge in [-0.25, -0.2) is 0 Å². The van der Waals surface area contributed by atoms with Gasteiger partial charge in [-0.1, -0.05) is 26.7 Å². The number of nitrogens with zero attached hydrogens (tertiary/aromatic N) is 2. The van der Waals surface area contributed by atoms with Crippen molar-refractivity contribution in [2.45, 2.75) is 39.5 Å². The molecule has 4 heterocycles. The molecule has 0 atom stereocenters.